The van der Waals surface area contributed by atoms with Gasteiger partial charge in [-0.25, -0.2) is 9.50 Å². The smallest absolute Gasteiger partial charge is 0.229 e. The molecule has 1 atom stereocenters. The fourth-order valence-corrected chi connectivity index (χ4v) is 3.36. The van der Waals surface area contributed by atoms with Crippen molar-refractivity contribution >= 4 is 23.1 Å². The predicted octanol–water partition coefficient (Wildman–Crippen LogP) is 3.26. The van der Waals surface area contributed by atoms with E-state index in [4.69, 9.17) is 0 Å². The van der Waals surface area contributed by atoms with Gasteiger partial charge in [0.15, 0.2) is 5.65 Å². The second-order valence-electron chi connectivity index (χ2n) is 8.74. The van der Waals surface area contributed by atoms with Crippen LogP contribution >= 0.6 is 0 Å². The molecule has 1 aliphatic heterocycles. The van der Waals surface area contributed by atoms with Crippen molar-refractivity contribution in [1.82, 2.24) is 14.6 Å². The summed E-state index contributed by atoms with van der Waals surface area (Å²) in [6.45, 7) is 9.07. The molecule has 3 heterocycles. The van der Waals surface area contributed by atoms with Crippen molar-refractivity contribution in [3.05, 3.63) is 42.1 Å². The lowest BCUT2D eigenvalue weighted by atomic mass is 9.95. The molecule has 4 rings (SSSR count). The first kappa shape index (κ1) is 19.4. The molecule has 1 amide bonds. The van der Waals surface area contributed by atoms with Crippen LogP contribution in [0.2, 0.25) is 0 Å². The Morgan fingerprint density at radius 3 is 2.72 bits per heavy atom. The summed E-state index contributed by atoms with van der Waals surface area (Å²) in [4.78, 5) is 19.2. The second kappa shape index (κ2) is 7.15. The summed E-state index contributed by atoms with van der Waals surface area (Å²) >= 11 is 0. The lowest BCUT2D eigenvalue weighted by molar-refractivity contribution is -0.123. The normalized spacial score (nSPS) is 17.1. The minimum absolute atomic E-state index is 0.0214. The predicted molar refractivity (Wildman–Crippen MR) is 114 cm³/mol. The Kier molecular flexibility index (Phi) is 4.78. The third-order valence-corrected chi connectivity index (χ3v) is 5.26. The minimum atomic E-state index is -0.463. The van der Waals surface area contributed by atoms with Gasteiger partial charge in [-0.05, 0) is 37.1 Å². The van der Waals surface area contributed by atoms with Crippen molar-refractivity contribution in [3.8, 4) is 11.3 Å². The number of hydrogen-bond donors (Lipinski definition) is 2. The molecule has 1 aromatic carbocycles. The van der Waals surface area contributed by atoms with E-state index in [1.165, 1.54) is 0 Å². The number of imidazole rings is 1. The molecule has 7 nitrogen and oxygen atoms in total. The Bertz CT molecular complexity index is 1070. The standard InChI is InChI=1S/C22H27N5O2/c1-14-5-6-15(11-17(14)24-21(29)22(2,3)4)18-13-27-19(23-18)7-8-20(25-27)26-10-9-16(28)12-26/h5-8,11,13,16,28H,9-10,12H2,1-4H3,(H,24,29). The second-order valence-corrected chi connectivity index (χ2v) is 8.74. The zero-order valence-electron chi connectivity index (χ0n) is 17.3. The van der Waals surface area contributed by atoms with Crippen molar-refractivity contribution in [2.75, 3.05) is 23.3 Å². The zero-order chi connectivity index (χ0) is 20.8. The van der Waals surface area contributed by atoms with Crippen LogP contribution in [0.4, 0.5) is 11.5 Å². The molecule has 0 saturated carbocycles. The van der Waals surface area contributed by atoms with Crippen LogP contribution in [0.25, 0.3) is 16.9 Å². The quantitative estimate of drug-likeness (QED) is 0.714. The van der Waals surface area contributed by atoms with Gasteiger partial charge in [0.05, 0.1) is 18.0 Å². The molecule has 1 saturated heterocycles. The number of aryl methyl sites for hydroxylation is 1. The van der Waals surface area contributed by atoms with E-state index >= 15 is 0 Å². The number of anilines is 2. The van der Waals surface area contributed by atoms with Gasteiger partial charge >= 0.3 is 0 Å². The summed E-state index contributed by atoms with van der Waals surface area (Å²) in [5, 5.41) is 17.5. The molecule has 1 aliphatic rings. The van der Waals surface area contributed by atoms with E-state index in [1.54, 1.807) is 4.52 Å². The summed E-state index contributed by atoms with van der Waals surface area (Å²) in [5.74, 6) is 0.812. The summed E-state index contributed by atoms with van der Waals surface area (Å²) in [7, 11) is 0. The number of nitrogens with one attached hydrogen (secondary N) is 1. The van der Waals surface area contributed by atoms with Crippen molar-refractivity contribution < 1.29 is 9.90 Å². The fourth-order valence-electron chi connectivity index (χ4n) is 3.36. The van der Waals surface area contributed by atoms with E-state index < -0.39 is 5.41 Å². The third-order valence-electron chi connectivity index (χ3n) is 5.26. The van der Waals surface area contributed by atoms with Crippen molar-refractivity contribution in [3.63, 3.8) is 0 Å². The van der Waals surface area contributed by atoms with E-state index in [1.807, 2.05) is 64.2 Å². The molecule has 0 radical (unpaired) electrons. The van der Waals surface area contributed by atoms with E-state index in [0.717, 1.165) is 46.9 Å². The number of aliphatic hydroxyl groups excluding tert-OH is 1. The number of carbonyl (C=O) groups excluding carboxylic acids is 1. The topological polar surface area (TPSA) is 82.8 Å². The number of fused-ring (bicyclic) bond motifs is 1. The average Bonchev–Trinajstić information content (AvgIpc) is 3.28. The lowest BCUT2D eigenvalue weighted by Gasteiger charge is -2.19. The Morgan fingerprint density at radius 1 is 1.24 bits per heavy atom. The van der Waals surface area contributed by atoms with Crippen molar-refractivity contribution in [1.29, 1.82) is 0 Å². The summed E-state index contributed by atoms with van der Waals surface area (Å²) in [6, 6.07) is 9.82. The van der Waals surface area contributed by atoms with Crippen LogP contribution in [-0.4, -0.2) is 44.8 Å². The highest BCUT2D eigenvalue weighted by Gasteiger charge is 2.23. The third kappa shape index (κ3) is 3.96. The first-order valence-electron chi connectivity index (χ1n) is 9.92. The molecule has 0 aliphatic carbocycles. The molecule has 1 unspecified atom stereocenters. The zero-order valence-corrected chi connectivity index (χ0v) is 17.3. The summed E-state index contributed by atoms with van der Waals surface area (Å²) < 4.78 is 1.77. The molecule has 0 spiro atoms. The minimum Gasteiger partial charge on any atom is -0.391 e. The van der Waals surface area contributed by atoms with Gasteiger partial charge in [0, 0.05) is 29.8 Å². The number of carbonyl (C=O) groups is 1. The number of β-amino-alcohol motifs (C(OH)–C–C–N with tert-alkyl or cyclic N) is 1. The molecule has 152 valence electrons. The molecule has 1 fully saturated rings. The van der Waals surface area contributed by atoms with Crippen LogP contribution in [0, 0.1) is 12.3 Å². The van der Waals surface area contributed by atoms with Gasteiger partial charge in [-0.1, -0.05) is 32.9 Å². The molecule has 7 heteroatoms. The highest BCUT2D eigenvalue weighted by atomic mass is 16.3. The number of aromatic nitrogens is 3. The Labute approximate surface area is 170 Å². The molecular weight excluding hydrogens is 366 g/mol. The van der Waals surface area contributed by atoms with Crippen LogP contribution in [0.3, 0.4) is 0 Å². The van der Waals surface area contributed by atoms with Gasteiger partial charge in [-0.2, -0.15) is 0 Å². The maximum atomic E-state index is 12.4. The summed E-state index contributed by atoms with van der Waals surface area (Å²) in [5.41, 5.74) is 3.80. The van der Waals surface area contributed by atoms with Crippen LogP contribution in [0.15, 0.2) is 36.5 Å². The van der Waals surface area contributed by atoms with Crippen LogP contribution < -0.4 is 10.2 Å². The Hall–Kier alpha value is -2.93. The van der Waals surface area contributed by atoms with Gasteiger partial charge in [-0.15, -0.1) is 5.10 Å². The number of amides is 1. The molecule has 2 N–H and O–H groups in total. The van der Waals surface area contributed by atoms with Gasteiger partial charge in [0.25, 0.3) is 0 Å². The fraction of sp³-hybridized carbons (Fsp3) is 0.409. The molecule has 29 heavy (non-hydrogen) atoms. The largest absolute Gasteiger partial charge is 0.391 e. The maximum Gasteiger partial charge on any atom is 0.229 e. The van der Waals surface area contributed by atoms with Crippen LogP contribution in [-0.2, 0) is 4.79 Å². The average molecular weight is 393 g/mol. The number of benzene rings is 1. The van der Waals surface area contributed by atoms with Gasteiger partial charge in [0.2, 0.25) is 5.91 Å². The van der Waals surface area contributed by atoms with E-state index in [-0.39, 0.29) is 12.0 Å². The number of rotatable bonds is 3. The highest BCUT2D eigenvalue weighted by Crippen LogP contribution is 2.27. The first-order chi connectivity index (χ1) is 13.7. The SMILES string of the molecule is Cc1ccc(-c2cn3nc(N4CCC(O)C4)ccc3n2)cc1NC(=O)C(C)(C)C. The van der Waals surface area contributed by atoms with E-state index in [0.29, 0.717) is 6.54 Å². The number of nitrogens with zero attached hydrogens (tertiary/aromatic N) is 4. The monoisotopic (exact) mass is 393 g/mol. The summed E-state index contributed by atoms with van der Waals surface area (Å²) in [6.07, 6.45) is 2.37. The lowest BCUT2D eigenvalue weighted by Crippen LogP contribution is -2.27. The van der Waals surface area contributed by atoms with Crippen molar-refractivity contribution in [2.45, 2.75) is 40.2 Å². The number of hydrogen-bond acceptors (Lipinski definition) is 5. The molecule has 2 aromatic heterocycles. The van der Waals surface area contributed by atoms with E-state index in [2.05, 4.69) is 20.3 Å². The van der Waals surface area contributed by atoms with Gasteiger partial charge < -0.3 is 15.3 Å². The van der Waals surface area contributed by atoms with Gasteiger partial charge in [-0.3, -0.25) is 4.79 Å². The first-order valence-corrected chi connectivity index (χ1v) is 9.92. The maximum absolute atomic E-state index is 12.4. The van der Waals surface area contributed by atoms with Gasteiger partial charge in [0.1, 0.15) is 5.82 Å². The van der Waals surface area contributed by atoms with E-state index in [9.17, 15) is 9.90 Å². The Morgan fingerprint density at radius 2 is 2.03 bits per heavy atom. The van der Waals surface area contributed by atoms with Crippen LogP contribution in [0.1, 0.15) is 32.8 Å². The molecule has 3 aromatic rings. The molecule has 0 bridgehead atoms. The molecular formula is C22H27N5O2. The van der Waals surface area contributed by atoms with Crippen molar-refractivity contribution in [2.24, 2.45) is 5.41 Å². The highest BCUT2D eigenvalue weighted by molar-refractivity contribution is 5.95. The number of aliphatic hydroxyl groups is 1. The Balaban J connectivity index is 1.64. The van der Waals surface area contributed by atoms with Crippen LogP contribution in [0.5, 0.6) is 0 Å².